The van der Waals surface area contributed by atoms with Crippen LogP contribution >= 0.6 is 46.3 Å². The SMILES string of the molecule is Cc1c(Cl)cccc1-n1c(SCC(=O)NCCc2ccc(Cl)cc2)nc2sc3c(c2c1=O)CCCC3. The molecule has 0 radical (unpaired) electrons. The van der Waals surface area contributed by atoms with Crippen LogP contribution in [0.1, 0.15) is 34.4 Å². The minimum atomic E-state index is -0.108. The first-order valence-corrected chi connectivity index (χ1v) is 14.4. The molecule has 5 nitrogen and oxygen atoms in total. The van der Waals surface area contributed by atoms with Gasteiger partial charge in [-0.3, -0.25) is 14.2 Å². The number of thiophene rings is 1. The van der Waals surface area contributed by atoms with Crippen molar-refractivity contribution < 1.29 is 4.79 Å². The molecule has 4 aromatic rings. The quantitative estimate of drug-likeness (QED) is 0.211. The van der Waals surface area contributed by atoms with E-state index in [0.29, 0.717) is 39.2 Å². The summed E-state index contributed by atoms with van der Waals surface area (Å²) >= 11 is 15.2. The fourth-order valence-corrected chi connectivity index (χ4v) is 6.95. The van der Waals surface area contributed by atoms with Crippen LogP contribution in [0.15, 0.2) is 52.4 Å². The highest BCUT2D eigenvalue weighted by atomic mass is 35.5. The van der Waals surface area contributed by atoms with Crippen LogP contribution in [0.3, 0.4) is 0 Å². The number of halogens is 2. The average molecular weight is 559 g/mol. The second kappa shape index (κ2) is 11.0. The molecule has 2 aromatic carbocycles. The van der Waals surface area contributed by atoms with E-state index in [1.165, 1.54) is 16.6 Å². The van der Waals surface area contributed by atoms with Crippen molar-refractivity contribution in [2.24, 2.45) is 0 Å². The Morgan fingerprint density at radius 2 is 1.92 bits per heavy atom. The van der Waals surface area contributed by atoms with E-state index in [4.69, 9.17) is 28.2 Å². The van der Waals surface area contributed by atoms with Gasteiger partial charge in [0.25, 0.3) is 5.56 Å². The normalized spacial score (nSPS) is 13.1. The number of nitrogens with one attached hydrogen (secondary N) is 1. The van der Waals surface area contributed by atoms with Gasteiger partial charge in [-0.05, 0) is 80.0 Å². The number of nitrogens with zero attached hydrogens (tertiary/aromatic N) is 2. The number of rotatable bonds is 7. The molecule has 1 aliphatic carbocycles. The minimum absolute atomic E-state index is 0.0876. The summed E-state index contributed by atoms with van der Waals surface area (Å²) in [5.41, 5.74) is 3.66. The lowest BCUT2D eigenvalue weighted by atomic mass is 9.97. The number of aromatic nitrogens is 2. The maximum absolute atomic E-state index is 13.9. The molecular weight excluding hydrogens is 533 g/mol. The van der Waals surface area contributed by atoms with Crippen LogP contribution in [0.5, 0.6) is 0 Å². The number of carbonyl (C=O) groups is 1. The van der Waals surface area contributed by atoms with Gasteiger partial charge < -0.3 is 5.32 Å². The van der Waals surface area contributed by atoms with Gasteiger partial charge in [-0.1, -0.05) is 53.2 Å². The van der Waals surface area contributed by atoms with Crippen molar-refractivity contribution in [1.82, 2.24) is 14.9 Å². The molecule has 0 spiro atoms. The Balaban J connectivity index is 1.42. The fourth-order valence-electron chi connectivity index (χ4n) is 4.51. The molecule has 9 heteroatoms. The van der Waals surface area contributed by atoms with Crippen LogP contribution < -0.4 is 10.9 Å². The maximum atomic E-state index is 13.9. The molecule has 1 aliphatic rings. The van der Waals surface area contributed by atoms with E-state index in [-0.39, 0.29) is 17.2 Å². The number of fused-ring (bicyclic) bond motifs is 3. The molecule has 186 valence electrons. The molecule has 0 saturated carbocycles. The van der Waals surface area contributed by atoms with Crippen molar-refractivity contribution >= 4 is 62.4 Å². The largest absolute Gasteiger partial charge is 0.355 e. The summed E-state index contributed by atoms with van der Waals surface area (Å²) in [7, 11) is 0. The lowest BCUT2D eigenvalue weighted by Crippen LogP contribution is -2.28. The summed E-state index contributed by atoms with van der Waals surface area (Å²) in [5, 5.41) is 5.46. The first-order valence-electron chi connectivity index (χ1n) is 11.9. The number of thioether (sulfide) groups is 1. The third-order valence-electron chi connectivity index (χ3n) is 6.42. The monoisotopic (exact) mass is 557 g/mol. The highest BCUT2D eigenvalue weighted by Gasteiger charge is 2.24. The van der Waals surface area contributed by atoms with Gasteiger partial charge in [0.2, 0.25) is 5.91 Å². The number of aryl methyl sites for hydroxylation is 2. The molecule has 2 aromatic heterocycles. The van der Waals surface area contributed by atoms with Crippen molar-refractivity contribution in [3.8, 4) is 5.69 Å². The highest BCUT2D eigenvalue weighted by molar-refractivity contribution is 7.99. The van der Waals surface area contributed by atoms with E-state index in [9.17, 15) is 9.59 Å². The summed E-state index contributed by atoms with van der Waals surface area (Å²) in [6.45, 7) is 2.42. The predicted octanol–water partition coefficient (Wildman–Crippen LogP) is 6.39. The van der Waals surface area contributed by atoms with Crippen molar-refractivity contribution in [3.05, 3.63) is 84.4 Å². The molecule has 1 N–H and O–H groups in total. The number of benzene rings is 2. The highest BCUT2D eigenvalue weighted by Crippen LogP contribution is 2.35. The van der Waals surface area contributed by atoms with Gasteiger partial charge in [0.05, 0.1) is 16.8 Å². The van der Waals surface area contributed by atoms with Crippen LogP contribution in [-0.4, -0.2) is 27.8 Å². The first kappa shape index (κ1) is 25.3. The van der Waals surface area contributed by atoms with Crippen LogP contribution in [0.4, 0.5) is 0 Å². The van der Waals surface area contributed by atoms with Crippen molar-refractivity contribution in [2.45, 2.75) is 44.2 Å². The fraction of sp³-hybridized carbons (Fsp3) is 0.296. The van der Waals surface area contributed by atoms with Crippen molar-refractivity contribution in [3.63, 3.8) is 0 Å². The molecule has 1 amide bonds. The molecule has 0 atom stereocenters. The minimum Gasteiger partial charge on any atom is -0.355 e. The predicted molar refractivity (Wildman–Crippen MR) is 150 cm³/mol. The summed E-state index contributed by atoms with van der Waals surface area (Å²) in [6.07, 6.45) is 4.83. The number of amides is 1. The molecule has 0 fully saturated rings. The Bertz CT molecular complexity index is 1500. The Kier molecular flexibility index (Phi) is 7.72. The van der Waals surface area contributed by atoms with Crippen LogP contribution in [0.25, 0.3) is 15.9 Å². The van der Waals surface area contributed by atoms with Crippen LogP contribution in [0.2, 0.25) is 10.0 Å². The molecule has 0 unspecified atom stereocenters. The van der Waals surface area contributed by atoms with Gasteiger partial charge in [-0.25, -0.2) is 4.98 Å². The maximum Gasteiger partial charge on any atom is 0.267 e. The second-order valence-corrected chi connectivity index (χ2v) is 11.7. The molecule has 0 bridgehead atoms. The number of hydrogen-bond donors (Lipinski definition) is 1. The van der Waals surface area contributed by atoms with Gasteiger partial charge in [0.15, 0.2) is 5.16 Å². The molecular formula is C27H25Cl2N3O2S2. The summed E-state index contributed by atoms with van der Waals surface area (Å²) < 4.78 is 1.64. The zero-order valence-corrected chi connectivity index (χ0v) is 22.9. The van der Waals surface area contributed by atoms with Gasteiger partial charge in [0, 0.05) is 21.5 Å². The molecule has 5 rings (SSSR count). The van der Waals surface area contributed by atoms with Gasteiger partial charge in [0.1, 0.15) is 4.83 Å². The molecule has 0 saturated heterocycles. The van der Waals surface area contributed by atoms with E-state index < -0.39 is 0 Å². The zero-order chi connectivity index (χ0) is 25.2. The summed E-state index contributed by atoms with van der Waals surface area (Å²) in [5.74, 6) is 0.0478. The number of hydrogen-bond acceptors (Lipinski definition) is 5. The Hall–Kier alpha value is -2.32. The van der Waals surface area contributed by atoms with Crippen molar-refractivity contribution in [2.75, 3.05) is 12.3 Å². The first-order chi connectivity index (χ1) is 17.4. The third-order valence-corrected chi connectivity index (χ3v) is 9.21. The van der Waals surface area contributed by atoms with Gasteiger partial charge in [-0.2, -0.15) is 0 Å². The molecule has 36 heavy (non-hydrogen) atoms. The van der Waals surface area contributed by atoms with Gasteiger partial charge in [-0.15, -0.1) is 11.3 Å². The van der Waals surface area contributed by atoms with E-state index in [1.807, 2.05) is 49.4 Å². The molecule has 2 heterocycles. The van der Waals surface area contributed by atoms with E-state index in [0.717, 1.165) is 47.2 Å². The van der Waals surface area contributed by atoms with Crippen LogP contribution in [0, 0.1) is 6.92 Å². The Morgan fingerprint density at radius 3 is 2.72 bits per heavy atom. The van der Waals surface area contributed by atoms with Gasteiger partial charge >= 0.3 is 0 Å². The Morgan fingerprint density at radius 1 is 1.14 bits per heavy atom. The lowest BCUT2D eigenvalue weighted by Gasteiger charge is -2.16. The second-order valence-electron chi connectivity index (χ2n) is 8.83. The van der Waals surface area contributed by atoms with E-state index >= 15 is 0 Å². The third kappa shape index (κ3) is 5.21. The smallest absolute Gasteiger partial charge is 0.267 e. The van der Waals surface area contributed by atoms with Crippen molar-refractivity contribution in [1.29, 1.82) is 0 Å². The lowest BCUT2D eigenvalue weighted by molar-refractivity contribution is -0.118. The number of carbonyl (C=O) groups excluding carboxylic acids is 1. The molecule has 0 aliphatic heterocycles. The van der Waals surface area contributed by atoms with E-state index in [1.54, 1.807) is 15.9 Å². The zero-order valence-electron chi connectivity index (χ0n) is 19.8. The topological polar surface area (TPSA) is 64.0 Å². The van der Waals surface area contributed by atoms with Crippen LogP contribution in [-0.2, 0) is 24.1 Å². The Labute approximate surface area is 227 Å². The standard InChI is InChI=1S/C27H25Cl2N3O2S2/c1-16-20(29)6-4-7-21(16)32-26(34)24-19-5-2-3-8-22(19)36-25(24)31-27(32)35-15-23(33)30-14-13-17-9-11-18(28)12-10-17/h4,6-7,9-12H,2-3,5,8,13-15H2,1H3,(H,30,33). The summed E-state index contributed by atoms with van der Waals surface area (Å²) in [4.78, 5) is 33.5. The summed E-state index contributed by atoms with van der Waals surface area (Å²) in [6, 6.07) is 13.1. The average Bonchev–Trinajstić information content (AvgIpc) is 3.25. The van der Waals surface area contributed by atoms with E-state index in [2.05, 4.69) is 5.32 Å².